The molecule has 58 heavy (non-hydrogen) atoms. The Morgan fingerprint density at radius 2 is 0.897 bits per heavy atom. The van der Waals surface area contributed by atoms with Crippen molar-refractivity contribution in [2.24, 2.45) is 5.73 Å². The Labute approximate surface area is 379 Å². The molecule has 2 aromatic carbocycles. The first-order chi connectivity index (χ1) is 26.7. The molecule has 4 aromatic rings. The zero-order chi connectivity index (χ0) is 41.5. The van der Waals surface area contributed by atoms with Crippen LogP contribution in [0.5, 0.6) is 0 Å². The van der Waals surface area contributed by atoms with Gasteiger partial charge in [0.05, 0.1) is 36.2 Å². The standard InChI is InChI=1S/C30H40N12O10S2.CH5N.2Na/c1-31-25-35-27(39-29(37-25)41(9-13-43)10-14-44)33-21-7-5-19(23(17-21)53(47,48)49)3-4-20-6-8-22(18-24(20)54(50,51)52)34-28-36-26(32-2)38-30(40-28)42(11-15-45)12-16-46;1-2;;/h3-8,17-18,43-46H,9-16H2,1-2H3,(H,47,48,49)(H,50,51,52)(H2,31,33,35,37,39)(H2,32,34,36,38,40);2H2,1H3;;/q;;2*+1/p-2/b4-3+;;;. The Balaban J connectivity index is 0.00000414. The summed E-state index contributed by atoms with van der Waals surface area (Å²) in [7, 11) is -5.65. The molecule has 0 fully saturated rings. The predicted octanol–water partition coefficient (Wildman–Crippen LogP) is -7.23. The molecule has 0 radical (unpaired) electrons. The SMILES string of the molecule is CN.CNc1nc(Nc2ccc(/C=C/c3ccc(Nc4nc(NC)nc(N(CCO)CCO)n4)cc3S(=O)(=O)[O-])c(S(=O)(=O)[O-])c2)nc(N(CCO)CCO)n1.[Na+].[Na+]. The maximum absolute atomic E-state index is 12.4. The summed E-state index contributed by atoms with van der Waals surface area (Å²) in [6.07, 6.45) is 2.31. The first-order valence-electron chi connectivity index (χ1n) is 16.5. The third-order valence-corrected chi connectivity index (χ3v) is 9.04. The minimum atomic E-state index is -5.12. The van der Waals surface area contributed by atoms with Gasteiger partial charge in [-0.15, -0.1) is 0 Å². The van der Waals surface area contributed by atoms with Gasteiger partial charge in [0.2, 0.25) is 35.7 Å². The summed E-state index contributed by atoms with van der Waals surface area (Å²) in [4.78, 5) is 26.9. The number of nitrogens with one attached hydrogen (secondary N) is 4. The van der Waals surface area contributed by atoms with E-state index in [1.807, 2.05) is 0 Å². The molecule has 0 aliphatic heterocycles. The number of aliphatic hydroxyl groups excluding tert-OH is 4. The summed E-state index contributed by atoms with van der Waals surface area (Å²) >= 11 is 0. The number of rotatable bonds is 20. The number of aliphatic hydroxyl groups is 4. The molecule has 0 unspecified atom stereocenters. The Morgan fingerprint density at radius 3 is 1.17 bits per heavy atom. The van der Waals surface area contributed by atoms with Gasteiger partial charge < -0.3 is 66.3 Å². The van der Waals surface area contributed by atoms with Crippen molar-refractivity contribution in [2.75, 3.05) is 105 Å². The van der Waals surface area contributed by atoms with Crippen molar-refractivity contribution < 1.29 is 105 Å². The first-order valence-corrected chi connectivity index (χ1v) is 19.3. The number of nitrogens with two attached hydrogens (primary N) is 1. The van der Waals surface area contributed by atoms with Crippen LogP contribution in [0.25, 0.3) is 12.2 Å². The van der Waals surface area contributed by atoms with Gasteiger partial charge in [-0.05, 0) is 42.4 Å². The maximum Gasteiger partial charge on any atom is 1.00 e. The summed E-state index contributed by atoms with van der Waals surface area (Å²) in [5, 5.41) is 48.7. The van der Waals surface area contributed by atoms with Gasteiger partial charge in [-0.2, -0.15) is 29.9 Å². The first kappa shape index (κ1) is 52.6. The monoisotopic (exact) mass is 867 g/mol. The molecule has 0 saturated carbocycles. The normalized spacial score (nSPS) is 11.1. The Morgan fingerprint density at radius 1 is 0.586 bits per heavy atom. The largest absolute Gasteiger partial charge is 1.00 e. The van der Waals surface area contributed by atoms with Crippen LogP contribution < -0.4 is 95.9 Å². The zero-order valence-corrected chi connectivity index (χ0v) is 38.1. The van der Waals surface area contributed by atoms with Gasteiger partial charge in [-0.25, -0.2) is 16.8 Å². The van der Waals surface area contributed by atoms with E-state index in [1.54, 1.807) is 14.1 Å². The van der Waals surface area contributed by atoms with Gasteiger partial charge in [0.25, 0.3) is 0 Å². The molecule has 0 saturated heterocycles. The Hall–Kier alpha value is -3.38. The number of benzene rings is 2. The topological polar surface area (TPSA) is 353 Å². The number of hydrogen-bond acceptors (Lipinski definition) is 23. The van der Waals surface area contributed by atoms with Crippen LogP contribution in [0, 0.1) is 0 Å². The van der Waals surface area contributed by atoms with E-state index < -0.39 is 30.0 Å². The van der Waals surface area contributed by atoms with Crippen LogP contribution in [0.2, 0.25) is 0 Å². The third kappa shape index (κ3) is 15.3. The number of aromatic nitrogens is 6. The van der Waals surface area contributed by atoms with Crippen molar-refractivity contribution in [2.45, 2.75) is 9.79 Å². The van der Waals surface area contributed by atoms with Crippen LogP contribution in [0.4, 0.5) is 47.1 Å². The number of nitrogens with zero attached hydrogens (tertiary/aromatic N) is 8. The second-order valence-corrected chi connectivity index (χ2v) is 13.6. The van der Waals surface area contributed by atoms with Gasteiger partial charge in [0.1, 0.15) is 20.2 Å². The van der Waals surface area contributed by atoms with Crippen LogP contribution in [-0.4, -0.2) is 150 Å². The number of anilines is 8. The van der Waals surface area contributed by atoms with E-state index in [2.05, 4.69) is 56.9 Å². The molecule has 0 spiro atoms. The van der Waals surface area contributed by atoms with Crippen LogP contribution in [-0.2, 0) is 20.2 Å². The smallest absolute Gasteiger partial charge is 0.744 e. The molecule has 0 atom stereocenters. The fourth-order valence-electron chi connectivity index (χ4n) is 4.82. The molecule has 27 heteroatoms. The molecular weight excluding hydrogens is 825 g/mol. The summed E-state index contributed by atoms with van der Waals surface area (Å²) in [5.74, 6) is 0.256. The third-order valence-electron chi connectivity index (χ3n) is 7.26. The molecule has 0 aliphatic carbocycles. The minimum absolute atomic E-state index is 0. The molecule has 0 aliphatic rings. The second kappa shape index (κ2) is 25.3. The molecule has 306 valence electrons. The van der Waals surface area contributed by atoms with Crippen LogP contribution >= 0.6 is 0 Å². The van der Waals surface area contributed by atoms with Crippen LogP contribution in [0.3, 0.4) is 0 Å². The summed E-state index contributed by atoms with van der Waals surface area (Å²) < 4.78 is 74.2. The predicted molar refractivity (Wildman–Crippen MR) is 206 cm³/mol. The molecular formula is C31H43N13Na2O10S2. The molecule has 4 rings (SSSR count). The van der Waals surface area contributed by atoms with E-state index in [9.17, 15) is 46.4 Å². The molecule has 23 nitrogen and oxygen atoms in total. The summed E-state index contributed by atoms with van der Waals surface area (Å²) in [5.41, 5.74) is 4.38. The van der Waals surface area contributed by atoms with Crippen molar-refractivity contribution in [1.29, 1.82) is 0 Å². The summed E-state index contributed by atoms with van der Waals surface area (Å²) in [6.45, 7) is -0.668. The zero-order valence-electron chi connectivity index (χ0n) is 32.5. The van der Waals surface area contributed by atoms with Gasteiger partial charge >= 0.3 is 59.1 Å². The van der Waals surface area contributed by atoms with E-state index in [-0.39, 0.29) is 170 Å². The number of hydrogen-bond donors (Lipinski definition) is 9. The van der Waals surface area contributed by atoms with Gasteiger partial charge in [0.15, 0.2) is 0 Å². The fourth-order valence-corrected chi connectivity index (χ4v) is 6.22. The quantitative estimate of drug-likeness (QED) is 0.0226. The average molecular weight is 868 g/mol. The average Bonchev–Trinajstić information content (AvgIpc) is 3.17. The van der Waals surface area contributed by atoms with Crippen molar-refractivity contribution in [3.05, 3.63) is 47.5 Å². The summed E-state index contributed by atoms with van der Waals surface area (Å²) in [6, 6.07) is 7.38. The molecule has 2 aromatic heterocycles. The van der Waals surface area contributed by atoms with Crippen molar-refractivity contribution in [3.8, 4) is 0 Å². The Kier molecular flexibility index (Phi) is 23.0. The van der Waals surface area contributed by atoms with Crippen molar-refractivity contribution in [1.82, 2.24) is 29.9 Å². The van der Waals surface area contributed by atoms with E-state index in [1.165, 1.54) is 41.1 Å². The van der Waals surface area contributed by atoms with E-state index in [0.29, 0.717) is 0 Å². The van der Waals surface area contributed by atoms with Gasteiger partial charge in [0, 0.05) is 51.6 Å². The molecule has 10 N–H and O–H groups in total. The minimum Gasteiger partial charge on any atom is -0.744 e. The van der Waals surface area contributed by atoms with E-state index >= 15 is 0 Å². The van der Waals surface area contributed by atoms with Crippen LogP contribution in [0.1, 0.15) is 11.1 Å². The fraction of sp³-hybridized carbons (Fsp3) is 0.355. The molecule has 0 amide bonds. The van der Waals surface area contributed by atoms with Crippen LogP contribution in [0.15, 0.2) is 46.2 Å². The van der Waals surface area contributed by atoms with Gasteiger partial charge in [-0.3, -0.25) is 0 Å². The van der Waals surface area contributed by atoms with Crippen molar-refractivity contribution >= 4 is 79.5 Å². The molecule has 0 bridgehead atoms. The molecule has 2 heterocycles. The second-order valence-electron chi connectivity index (χ2n) is 10.9. The maximum atomic E-state index is 12.4. The Bertz CT molecular complexity index is 2010. The van der Waals surface area contributed by atoms with E-state index in [4.69, 9.17) is 0 Å². The van der Waals surface area contributed by atoms with Gasteiger partial charge in [-0.1, -0.05) is 24.3 Å². The van der Waals surface area contributed by atoms with E-state index in [0.717, 1.165) is 24.3 Å². The van der Waals surface area contributed by atoms with Crippen molar-refractivity contribution in [3.63, 3.8) is 0 Å².